The topological polar surface area (TPSA) is 3.24 Å². The Morgan fingerprint density at radius 2 is 2.38 bits per heavy atom. The average molecular weight is 256 g/mol. The minimum absolute atomic E-state index is 0.836. The fourth-order valence-electron chi connectivity index (χ4n) is 2.18. The van der Waals surface area contributed by atoms with Gasteiger partial charge in [-0.2, -0.15) is 0 Å². The average Bonchev–Trinajstić information content (AvgIpc) is 2.27. The summed E-state index contributed by atoms with van der Waals surface area (Å²) in [5.41, 5.74) is 0. The fraction of sp³-hybridized carbons (Fsp3) is 0.538. The Bertz CT molecular complexity index is 342. The number of piperidine rings is 1. The highest BCUT2D eigenvalue weighted by Crippen LogP contribution is 2.26. The van der Waals surface area contributed by atoms with Crippen LogP contribution >= 0.6 is 23.4 Å². The minimum Gasteiger partial charge on any atom is -0.306 e. The summed E-state index contributed by atoms with van der Waals surface area (Å²) in [7, 11) is 2.22. The molecule has 0 spiro atoms. The molecular formula is C13H18ClNS. The summed E-state index contributed by atoms with van der Waals surface area (Å²) in [5, 5.41) is 0.839. The van der Waals surface area contributed by atoms with Crippen molar-refractivity contribution in [1.82, 2.24) is 4.90 Å². The summed E-state index contributed by atoms with van der Waals surface area (Å²) in [6, 6.07) is 8.15. The van der Waals surface area contributed by atoms with Gasteiger partial charge in [0, 0.05) is 22.2 Å². The molecule has 0 amide bonds. The lowest BCUT2D eigenvalue weighted by molar-refractivity contribution is 0.224. The van der Waals surface area contributed by atoms with E-state index in [1.807, 2.05) is 23.9 Å². The standard InChI is InChI=1S/C13H18ClNS/c1-15-7-3-4-11(9-15)10-16-13-6-2-5-12(14)8-13/h2,5-6,8,11H,3-4,7,9-10H2,1H3. The first-order valence-electron chi connectivity index (χ1n) is 5.81. The van der Waals surface area contributed by atoms with Crippen LogP contribution in [0.15, 0.2) is 29.2 Å². The van der Waals surface area contributed by atoms with E-state index in [1.54, 1.807) is 0 Å². The van der Waals surface area contributed by atoms with Gasteiger partial charge < -0.3 is 4.90 Å². The molecule has 0 bridgehead atoms. The van der Waals surface area contributed by atoms with Crippen molar-refractivity contribution in [3.63, 3.8) is 0 Å². The van der Waals surface area contributed by atoms with Crippen LogP contribution in [0, 0.1) is 5.92 Å². The van der Waals surface area contributed by atoms with E-state index in [0.29, 0.717) is 0 Å². The summed E-state index contributed by atoms with van der Waals surface area (Å²) in [5.74, 6) is 2.05. The number of halogens is 1. The first-order chi connectivity index (χ1) is 7.74. The minimum atomic E-state index is 0.836. The summed E-state index contributed by atoms with van der Waals surface area (Å²) < 4.78 is 0. The highest BCUT2D eigenvalue weighted by Gasteiger charge is 2.16. The molecule has 1 aliphatic rings. The number of nitrogens with zero attached hydrogens (tertiary/aromatic N) is 1. The number of likely N-dealkylation sites (tertiary alicyclic amines) is 1. The first-order valence-corrected chi connectivity index (χ1v) is 7.17. The molecule has 1 unspecified atom stereocenters. The Morgan fingerprint density at radius 3 is 3.12 bits per heavy atom. The number of thioether (sulfide) groups is 1. The van der Waals surface area contributed by atoms with Crippen LogP contribution in [0.25, 0.3) is 0 Å². The summed E-state index contributed by atoms with van der Waals surface area (Å²) in [6.45, 7) is 2.51. The second-order valence-corrected chi connectivity index (χ2v) is 6.07. The van der Waals surface area contributed by atoms with Gasteiger partial charge in [-0.05, 0) is 50.6 Å². The van der Waals surface area contributed by atoms with Gasteiger partial charge in [0.1, 0.15) is 0 Å². The van der Waals surface area contributed by atoms with Gasteiger partial charge in [0.25, 0.3) is 0 Å². The lowest BCUT2D eigenvalue weighted by Gasteiger charge is -2.29. The SMILES string of the molecule is CN1CCCC(CSc2cccc(Cl)c2)C1. The van der Waals surface area contributed by atoms with E-state index in [1.165, 1.54) is 36.6 Å². The zero-order valence-electron chi connectivity index (χ0n) is 9.66. The molecular weight excluding hydrogens is 238 g/mol. The Balaban J connectivity index is 1.82. The quantitative estimate of drug-likeness (QED) is 0.757. The molecule has 0 aromatic heterocycles. The van der Waals surface area contributed by atoms with Crippen LogP contribution in [0.1, 0.15) is 12.8 Å². The van der Waals surface area contributed by atoms with Crippen molar-refractivity contribution in [3.05, 3.63) is 29.3 Å². The molecule has 2 rings (SSSR count). The summed E-state index contributed by atoms with van der Waals surface area (Å²) in [4.78, 5) is 3.73. The van der Waals surface area contributed by atoms with Gasteiger partial charge in [0.15, 0.2) is 0 Å². The van der Waals surface area contributed by atoms with Gasteiger partial charge in [0.05, 0.1) is 0 Å². The molecule has 1 heterocycles. The first kappa shape index (κ1) is 12.3. The predicted octanol–water partition coefficient (Wildman–Crippen LogP) is 3.77. The monoisotopic (exact) mass is 255 g/mol. The van der Waals surface area contributed by atoms with Crippen molar-refractivity contribution in [2.75, 3.05) is 25.9 Å². The lowest BCUT2D eigenvalue weighted by atomic mass is 10.0. The zero-order chi connectivity index (χ0) is 11.4. The maximum absolute atomic E-state index is 5.97. The molecule has 0 N–H and O–H groups in total. The maximum atomic E-state index is 5.97. The van der Waals surface area contributed by atoms with Gasteiger partial charge in [-0.25, -0.2) is 0 Å². The van der Waals surface area contributed by atoms with Crippen molar-refractivity contribution in [2.45, 2.75) is 17.7 Å². The van der Waals surface area contributed by atoms with Crippen molar-refractivity contribution < 1.29 is 0 Å². The summed E-state index contributed by atoms with van der Waals surface area (Å²) in [6.07, 6.45) is 2.72. The second-order valence-electron chi connectivity index (χ2n) is 4.54. The number of benzene rings is 1. The van der Waals surface area contributed by atoms with Crippen LogP contribution in [-0.2, 0) is 0 Å². The Morgan fingerprint density at radius 1 is 1.50 bits per heavy atom. The number of hydrogen-bond donors (Lipinski definition) is 0. The van der Waals surface area contributed by atoms with E-state index in [0.717, 1.165) is 10.9 Å². The summed E-state index contributed by atoms with van der Waals surface area (Å²) >= 11 is 7.90. The number of rotatable bonds is 3. The molecule has 1 atom stereocenters. The molecule has 88 valence electrons. The maximum Gasteiger partial charge on any atom is 0.0417 e. The highest BCUT2D eigenvalue weighted by molar-refractivity contribution is 7.99. The van der Waals surface area contributed by atoms with E-state index < -0.39 is 0 Å². The smallest absolute Gasteiger partial charge is 0.0417 e. The Kier molecular flexibility index (Phi) is 4.56. The van der Waals surface area contributed by atoms with Crippen LogP contribution in [0.5, 0.6) is 0 Å². The third-order valence-corrected chi connectivity index (χ3v) is 4.46. The molecule has 16 heavy (non-hydrogen) atoms. The van der Waals surface area contributed by atoms with Crippen LogP contribution in [0.4, 0.5) is 0 Å². The molecule has 1 aliphatic heterocycles. The van der Waals surface area contributed by atoms with E-state index >= 15 is 0 Å². The van der Waals surface area contributed by atoms with E-state index in [-0.39, 0.29) is 0 Å². The van der Waals surface area contributed by atoms with Crippen molar-refractivity contribution in [2.24, 2.45) is 5.92 Å². The zero-order valence-corrected chi connectivity index (χ0v) is 11.2. The van der Waals surface area contributed by atoms with Crippen LogP contribution in [-0.4, -0.2) is 30.8 Å². The van der Waals surface area contributed by atoms with E-state index in [2.05, 4.69) is 24.1 Å². The molecule has 1 nitrogen and oxygen atoms in total. The van der Waals surface area contributed by atoms with E-state index in [9.17, 15) is 0 Å². The molecule has 1 aromatic rings. The highest BCUT2D eigenvalue weighted by atomic mass is 35.5. The molecule has 1 aromatic carbocycles. The second kappa shape index (κ2) is 5.95. The van der Waals surface area contributed by atoms with Gasteiger partial charge in [-0.1, -0.05) is 17.7 Å². The third kappa shape index (κ3) is 3.69. The van der Waals surface area contributed by atoms with Gasteiger partial charge in [-0.15, -0.1) is 11.8 Å². The van der Waals surface area contributed by atoms with Crippen molar-refractivity contribution in [1.29, 1.82) is 0 Å². The normalized spacial score (nSPS) is 22.2. The largest absolute Gasteiger partial charge is 0.306 e. The third-order valence-electron chi connectivity index (χ3n) is 3.00. The van der Waals surface area contributed by atoms with Gasteiger partial charge in [0.2, 0.25) is 0 Å². The van der Waals surface area contributed by atoms with Crippen LogP contribution in [0.3, 0.4) is 0 Å². The van der Waals surface area contributed by atoms with Gasteiger partial charge >= 0.3 is 0 Å². The Labute approximate surface area is 107 Å². The molecule has 3 heteroatoms. The lowest BCUT2D eigenvalue weighted by Crippen LogP contribution is -2.33. The van der Waals surface area contributed by atoms with E-state index in [4.69, 9.17) is 11.6 Å². The molecule has 1 fully saturated rings. The van der Waals surface area contributed by atoms with Crippen molar-refractivity contribution >= 4 is 23.4 Å². The van der Waals surface area contributed by atoms with Crippen molar-refractivity contribution in [3.8, 4) is 0 Å². The molecule has 0 radical (unpaired) electrons. The number of hydrogen-bond acceptors (Lipinski definition) is 2. The molecule has 0 aliphatic carbocycles. The van der Waals surface area contributed by atoms with Crippen LogP contribution in [0.2, 0.25) is 5.02 Å². The van der Waals surface area contributed by atoms with Crippen LogP contribution < -0.4 is 0 Å². The molecule has 0 saturated carbocycles. The molecule has 1 saturated heterocycles. The predicted molar refractivity (Wildman–Crippen MR) is 72.4 cm³/mol. The van der Waals surface area contributed by atoms with Gasteiger partial charge in [-0.3, -0.25) is 0 Å². The fourth-order valence-corrected chi connectivity index (χ4v) is 3.52. The Hall–Kier alpha value is -0.180.